The number of hydrogen-bond donors (Lipinski definition) is 1. The zero-order valence-electron chi connectivity index (χ0n) is 15.6. The molecule has 2 aromatic carbocycles. The van der Waals surface area contributed by atoms with Crippen molar-refractivity contribution >= 4 is 46.4 Å². The minimum absolute atomic E-state index is 0.116. The number of rotatable bonds is 3. The van der Waals surface area contributed by atoms with Gasteiger partial charge in [-0.1, -0.05) is 29.3 Å². The zero-order chi connectivity index (χ0) is 19.8. The molecule has 5 nitrogen and oxygen atoms in total. The van der Waals surface area contributed by atoms with Crippen molar-refractivity contribution in [2.45, 2.75) is 19.4 Å². The molecule has 28 heavy (non-hydrogen) atoms. The molecule has 1 N–H and O–H groups in total. The van der Waals surface area contributed by atoms with Gasteiger partial charge in [0.2, 0.25) is 5.91 Å². The van der Waals surface area contributed by atoms with Crippen LogP contribution in [0.5, 0.6) is 0 Å². The van der Waals surface area contributed by atoms with Crippen LogP contribution in [-0.4, -0.2) is 44.0 Å². The van der Waals surface area contributed by atoms with Crippen molar-refractivity contribution in [2.24, 2.45) is 0 Å². The second-order valence-corrected chi connectivity index (χ2v) is 8.25. The number of benzene rings is 2. The van der Waals surface area contributed by atoms with Crippen LogP contribution >= 0.6 is 23.2 Å². The molecule has 0 spiro atoms. The molecule has 2 fully saturated rings. The van der Waals surface area contributed by atoms with E-state index in [0.717, 1.165) is 36.9 Å². The summed E-state index contributed by atoms with van der Waals surface area (Å²) < 4.78 is 0. The van der Waals surface area contributed by atoms with Crippen LogP contribution in [0.4, 0.5) is 11.4 Å². The van der Waals surface area contributed by atoms with Gasteiger partial charge in [-0.25, -0.2) is 4.90 Å². The van der Waals surface area contributed by atoms with Crippen molar-refractivity contribution in [2.75, 3.05) is 36.0 Å². The summed E-state index contributed by atoms with van der Waals surface area (Å²) in [6.45, 7) is 5.35. The molecule has 0 aliphatic carbocycles. The monoisotopic (exact) mass is 418 g/mol. The fourth-order valence-corrected chi connectivity index (χ4v) is 4.41. The standard InChI is InChI=1S/C21H21Cl2N3O2/c1-14-2-3-16(23)12-18(14)24-8-10-25(11-9-24)19-13-20(27)26(21(19)28)17-6-4-15(22)5-7-17/h2-7,12,19H,8-11,13H2,1H3/p+1/t19-/m0/s1. The Morgan fingerprint density at radius 1 is 0.964 bits per heavy atom. The Morgan fingerprint density at radius 2 is 1.61 bits per heavy atom. The van der Waals surface area contributed by atoms with Crippen molar-refractivity contribution in [1.82, 2.24) is 0 Å². The minimum Gasteiger partial charge on any atom is -0.360 e. The number of hydrogen-bond acceptors (Lipinski definition) is 3. The molecule has 2 aliphatic heterocycles. The summed E-state index contributed by atoms with van der Waals surface area (Å²) in [5.74, 6) is -0.257. The Hall–Kier alpha value is -2.08. The smallest absolute Gasteiger partial charge is 0.292 e. The van der Waals surface area contributed by atoms with E-state index in [1.807, 2.05) is 18.2 Å². The normalized spacial score (nSPS) is 20.9. The van der Waals surface area contributed by atoms with Crippen molar-refractivity contribution in [3.05, 3.63) is 58.1 Å². The fourth-order valence-electron chi connectivity index (χ4n) is 4.12. The number of piperazine rings is 1. The van der Waals surface area contributed by atoms with Gasteiger partial charge in [0.05, 0.1) is 38.3 Å². The summed E-state index contributed by atoms with van der Waals surface area (Å²) in [6, 6.07) is 12.4. The first-order chi connectivity index (χ1) is 13.4. The average molecular weight is 419 g/mol. The Bertz CT molecular complexity index is 908. The van der Waals surface area contributed by atoms with Crippen LogP contribution in [0.2, 0.25) is 10.0 Å². The lowest BCUT2D eigenvalue weighted by Crippen LogP contribution is -3.19. The third kappa shape index (κ3) is 3.62. The Kier molecular flexibility index (Phi) is 5.32. The molecule has 0 radical (unpaired) electrons. The molecule has 4 rings (SSSR count). The highest BCUT2D eigenvalue weighted by atomic mass is 35.5. The lowest BCUT2D eigenvalue weighted by Gasteiger charge is -2.36. The van der Waals surface area contributed by atoms with Gasteiger partial charge in [0.1, 0.15) is 0 Å². The molecule has 0 aromatic heterocycles. The Morgan fingerprint density at radius 3 is 2.29 bits per heavy atom. The molecule has 2 aliphatic rings. The van der Waals surface area contributed by atoms with E-state index < -0.39 is 0 Å². The second-order valence-electron chi connectivity index (χ2n) is 7.38. The predicted octanol–water partition coefficient (Wildman–Crippen LogP) is 2.34. The second kappa shape index (κ2) is 7.74. The van der Waals surface area contributed by atoms with Crippen LogP contribution in [0, 0.1) is 6.92 Å². The Labute approximate surface area is 174 Å². The number of aryl methyl sites for hydroxylation is 1. The summed E-state index contributed by atoms with van der Waals surface area (Å²) in [4.78, 5) is 30.3. The Balaban J connectivity index is 1.45. The third-order valence-corrected chi connectivity index (χ3v) is 6.13. The van der Waals surface area contributed by atoms with Gasteiger partial charge in [-0.2, -0.15) is 0 Å². The van der Waals surface area contributed by atoms with Gasteiger partial charge < -0.3 is 9.80 Å². The topological polar surface area (TPSA) is 45.1 Å². The van der Waals surface area contributed by atoms with Crippen LogP contribution in [0.1, 0.15) is 12.0 Å². The van der Waals surface area contributed by atoms with Crippen molar-refractivity contribution in [3.8, 4) is 0 Å². The highest BCUT2D eigenvalue weighted by Crippen LogP contribution is 2.26. The number of halogens is 2. The van der Waals surface area contributed by atoms with E-state index in [0.29, 0.717) is 10.7 Å². The molecule has 2 saturated heterocycles. The number of carbonyl (C=O) groups excluding carboxylic acids is 2. The van der Waals surface area contributed by atoms with Gasteiger partial charge in [0, 0.05) is 15.7 Å². The fraction of sp³-hybridized carbons (Fsp3) is 0.333. The van der Waals surface area contributed by atoms with Crippen molar-refractivity contribution < 1.29 is 14.5 Å². The maximum absolute atomic E-state index is 13.0. The third-order valence-electron chi connectivity index (χ3n) is 5.64. The van der Waals surface area contributed by atoms with Crippen LogP contribution in [0.25, 0.3) is 0 Å². The van der Waals surface area contributed by atoms with E-state index in [9.17, 15) is 9.59 Å². The average Bonchev–Trinajstić information content (AvgIpc) is 2.99. The maximum atomic E-state index is 13.0. The molecular weight excluding hydrogens is 397 g/mol. The predicted molar refractivity (Wildman–Crippen MR) is 111 cm³/mol. The summed E-state index contributed by atoms with van der Waals surface area (Å²) in [5, 5.41) is 1.31. The molecule has 1 atom stereocenters. The maximum Gasteiger partial charge on any atom is 0.292 e. The van der Waals surface area contributed by atoms with E-state index in [1.54, 1.807) is 24.3 Å². The molecule has 146 valence electrons. The van der Waals surface area contributed by atoms with Gasteiger partial charge in [-0.05, 0) is 48.9 Å². The number of carbonyl (C=O) groups is 2. The van der Waals surface area contributed by atoms with E-state index in [2.05, 4.69) is 11.8 Å². The first-order valence-electron chi connectivity index (χ1n) is 9.42. The lowest BCUT2D eigenvalue weighted by molar-refractivity contribution is -0.915. The number of anilines is 2. The highest BCUT2D eigenvalue weighted by Gasteiger charge is 2.46. The van der Waals surface area contributed by atoms with Gasteiger partial charge in [-0.15, -0.1) is 0 Å². The molecule has 0 bridgehead atoms. The summed E-state index contributed by atoms with van der Waals surface area (Å²) in [7, 11) is 0. The number of amides is 2. The molecule has 0 saturated carbocycles. The van der Waals surface area contributed by atoms with Gasteiger partial charge >= 0.3 is 0 Å². The number of nitrogens with one attached hydrogen (secondary N) is 1. The molecule has 2 amide bonds. The SMILES string of the molecule is Cc1ccc(Cl)cc1N1CC[NH+]([C@H]2CC(=O)N(c3ccc(Cl)cc3)C2=O)CC1. The van der Waals surface area contributed by atoms with Crippen molar-refractivity contribution in [1.29, 1.82) is 0 Å². The zero-order valence-corrected chi connectivity index (χ0v) is 17.1. The van der Waals surface area contributed by atoms with Gasteiger partial charge in [0.25, 0.3) is 5.91 Å². The van der Waals surface area contributed by atoms with Crippen LogP contribution in [0.15, 0.2) is 42.5 Å². The minimum atomic E-state index is -0.314. The van der Waals surface area contributed by atoms with Crippen molar-refractivity contribution in [3.63, 3.8) is 0 Å². The largest absolute Gasteiger partial charge is 0.360 e. The molecule has 2 aromatic rings. The molecule has 0 unspecified atom stereocenters. The van der Waals surface area contributed by atoms with E-state index in [-0.39, 0.29) is 24.3 Å². The van der Waals surface area contributed by atoms with E-state index in [1.165, 1.54) is 15.4 Å². The number of imide groups is 1. The number of quaternary nitrogens is 1. The van der Waals surface area contributed by atoms with E-state index >= 15 is 0 Å². The summed E-state index contributed by atoms with van der Waals surface area (Å²) in [6.07, 6.45) is 0.257. The molecule has 2 heterocycles. The first kappa shape index (κ1) is 19.2. The van der Waals surface area contributed by atoms with E-state index in [4.69, 9.17) is 23.2 Å². The lowest BCUT2D eigenvalue weighted by atomic mass is 10.1. The molecule has 7 heteroatoms. The number of nitrogens with zero attached hydrogens (tertiary/aromatic N) is 2. The van der Waals surface area contributed by atoms with Crippen LogP contribution in [-0.2, 0) is 9.59 Å². The van der Waals surface area contributed by atoms with Crippen LogP contribution in [0.3, 0.4) is 0 Å². The summed E-state index contributed by atoms with van der Waals surface area (Å²) >= 11 is 12.1. The van der Waals surface area contributed by atoms with Crippen LogP contribution < -0.4 is 14.7 Å². The first-order valence-corrected chi connectivity index (χ1v) is 10.2. The highest BCUT2D eigenvalue weighted by molar-refractivity contribution is 6.31. The molecular formula is C21H22Cl2N3O2+. The van der Waals surface area contributed by atoms with Gasteiger partial charge in [0.15, 0.2) is 6.04 Å². The van der Waals surface area contributed by atoms with Gasteiger partial charge in [-0.3, -0.25) is 9.59 Å². The quantitative estimate of drug-likeness (QED) is 0.777. The summed E-state index contributed by atoms with van der Waals surface area (Å²) in [5.41, 5.74) is 2.92.